The molecule has 3 N–H and O–H groups in total. The number of phenolic OH excluding ortho intramolecular Hbond substituents is 1. The van der Waals surface area contributed by atoms with Crippen molar-refractivity contribution in [3.05, 3.63) is 148 Å². The summed E-state index contributed by atoms with van der Waals surface area (Å²) in [7, 11) is 6.16. The van der Waals surface area contributed by atoms with Gasteiger partial charge in [-0.05, 0) is 112 Å². The van der Waals surface area contributed by atoms with Gasteiger partial charge in [-0.3, -0.25) is 9.59 Å². The second-order valence-electron chi connectivity index (χ2n) is 19.5. The van der Waals surface area contributed by atoms with Gasteiger partial charge in [0.15, 0.2) is 35.9 Å². The number of pyridine rings is 2. The highest BCUT2D eigenvalue weighted by Crippen LogP contribution is 2.37. The molecule has 0 radical (unpaired) electrons. The zero-order chi connectivity index (χ0) is 57.4. The third kappa shape index (κ3) is 12.9. The summed E-state index contributed by atoms with van der Waals surface area (Å²) >= 11 is 3.34. The van der Waals surface area contributed by atoms with Crippen LogP contribution >= 0.6 is 15.9 Å². The minimum absolute atomic E-state index is 0.0528. The Morgan fingerprint density at radius 2 is 1.09 bits per heavy atom. The number of aryl methyl sites for hydroxylation is 2. The first-order chi connectivity index (χ1) is 39.0. The largest absolute Gasteiger partial charge is 0.508 e. The van der Waals surface area contributed by atoms with Crippen LogP contribution in [-0.4, -0.2) is 114 Å². The van der Waals surface area contributed by atoms with Crippen LogP contribution in [-0.2, 0) is 44.1 Å². The van der Waals surface area contributed by atoms with E-state index in [0.29, 0.717) is 87.8 Å². The molecule has 1 aliphatic heterocycles. The maximum absolute atomic E-state index is 12.6. The van der Waals surface area contributed by atoms with Gasteiger partial charge in [-0.25, -0.2) is 34.9 Å². The topological polar surface area (TPSA) is 272 Å². The number of phenols is 1. The lowest BCUT2D eigenvalue weighted by atomic mass is 9.79. The van der Waals surface area contributed by atoms with E-state index in [1.165, 1.54) is 47.0 Å². The van der Waals surface area contributed by atoms with Gasteiger partial charge in [-0.1, -0.05) is 22.0 Å². The number of nitrogens with one attached hydrogen (secondary N) is 2. The minimum atomic E-state index is -0.351. The van der Waals surface area contributed by atoms with E-state index in [4.69, 9.17) is 32.0 Å². The van der Waals surface area contributed by atoms with E-state index in [9.17, 15) is 19.5 Å². The number of hydrogen-bond donors (Lipinski definition) is 3. The van der Waals surface area contributed by atoms with E-state index >= 15 is 0 Å². The van der Waals surface area contributed by atoms with Gasteiger partial charge in [0.05, 0.1) is 59.5 Å². The zero-order valence-corrected chi connectivity index (χ0v) is 47.2. The normalized spacial score (nSPS) is 13.4. The van der Waals surface area contributed by atoms with Crippen LogP contribution in [0.2, 0.25) is 0 Å². The second-order valence-corrected chi connectivity index (χ2v) is 20.5. The smallest absolute Gasteiger partial charge is 0.494 e. The van der Waals surface area contributed by atoms with Crippen molar-refractivity contribution < 1.29 is 41.9 Å². The first-order valence-electron chi connectivity index (χ1n) is 25.4. The fourth-order valence-corrected chi connectivity index (χ4v) is 8.73. The summed E-state index contributed by atoms with van der Waals surface area (Å²) in [5.74, 6) is 0.957. The number of carbonyl (C=O) groups is 1. The predicted molar refractivity (Wildman–Crippen MR) is 312 cm³/mol. The van der Waals surface area contributed by atoms with Crippen molar-refractivity contribution in [2.75, 3.05) is 51.2 Å². The number of carbonyl (C=O) groups excluding carboxylic acids is 1. The van der Waals surface area contributed by atoms with Crippen molar-refractivity contribution in [1.29, 1.82) is 0 Å². The highest BCUT2D eigenvalue weighted by atomic mass is 79.9. The number of halogens is 1. The highest BCUT2D eigenvalue weighted by Gasteiger charge is 2.51. The van der Waals surface area contributed by atoms with Crippen molar-refractivity contribution >= 4 is 102 Å². The number of methoxy groups -OCH3 is 2. The maximum Gasteiger partial charge on any atom is 0.494 e. The van der Waals surface area contributed by atoms with Gasteiger partial charge in [-0.15, -0.1) is 0 Å². The number of hydrogen-bond acceptors (Lipinski definition) is 20. The molecule has 0 unspecified atom stereocenters. The Labute approximate surface area is 471 Å². The molecule has 0 amide bonds. The van der Waals surface area contributed by atoms with Gasteiger partial charge in [-0.2, -0.15) is 0 Å². The number of aldehydes is 1. The molecular formula is C57H57BBrN11O11. The number of oxazole rings is 3. The molecule has 416 valence electrons. The van der Waals surface area contributed by atoms with Crippen LogP contribution < -0.4 is 27.2 Å². The lowest BCUT2D eigenvalue weighted by Gasteiger charge is -2.32. The molecule has 0 spiro atoms. The zero-order valence-electron chi connectivity index (χ0n) is 45.6. The quantitative estimate of drug-likeness (QED) is 0.0555. The third-order valence-electron chi connectivity index (χ3n) is 13.5. The molecule has 7 aromatic heterocycles. The van der Waals surface area contributed by atoms with E-state index in [2.05, 4.69) is 61.5 Å². The van der Waals surface area contributed by atoms with Gasteiger partial charge in [0.1, 0.15) is 51.0 Å². The van der Waals surface area contributed by atoms with Gasteiger partial charge in [0.25, 0.3) is 11.1 Å². The molecule has 22 nitrogen and oxygen atoms in total. The maximum atomic E-state index is 12.6. The molecule has 11 aromatic rings. The van der Waals surface area contributed by atoms with E-state index in [0.717, 1.165) is 49.5 Å². The number of fused-ring (bicyclic) bond motifs is 5. The Morgan fingerprint density at radius 1 is 0.617 bits per heavy atom. The van der Waals surface area contributed by atoms with Crippen molar-refractivity contribution in [2.45, 2.75) is 45.3 Å². The van der Waals surface area contributed by atoms with E-state index in [-0.39, 0.29) is 41.6 Å². The minimum Gasteiger partial charge on any atom is -0.508 e. The molecule has 1 fully saturated rings. The molecule has 12 rings (SSSR count). The molecule has 4 aromatic carbocycles. The summed E-state index contributed by atoms with van der Waals surface area (Å²) in [5.41, 5.74) is 9.18. The van der Waals surface area contributed by atoms with Crippen LogP contribution in [0.15, 0.2) is 144 Å². The number of nitrogens with zero attached hydrogens (tertiary/aromatic N) is 9. The number of aromatic nitrogens is 9. The molecule has 0 saturated carbocycles. The van der Waals surface area contributed by atoms with Gasteiger partial charge >= 0.3 is 7.12 Å². The van der Waals surface area contributed by atoms with E-state index < -0.39 is 0 Å². The van der Waals surface area contributed by atoms with E-state index in [1.807, 2.05) is 82.3 Å². The van der Waals surface area contributed by atoms with Crippen molar-refractivity contribution in [3.8, 4) is 28.3 Å². The average Bonchev–Trinajstić information content (AvgIpc) is 4.42. The first-order valence-corrected chi connectivity index (χ1v) is 26.2. The Balaban J connectivity index is 0.000000137. The standard InChI is InChI=1S/C19H20N4O4.C18H17N5O3.C13H16BNO3.C7H4BrNO/c1-23-11-21-15-10-14(12-3-4-16(25)13(9-12)5-7-24)22-18(17(15)19(23)26)20-6-8-27-2;1-23-9-20-14-8-12(11-3-4-15-13(7-11)21-10-26-15)22-17(16(14)18(23)24)19-5-6-25-2;1-12(2)13(3,4)18-14(17-12)9-5-6-11-10(7-9)15-8-16-11;8-5-1-2-7-6(3-5)9-4-10-7/h3-4,7,9-11,25H,5-6,8H2,1-2H3,(H,20,22);3-4,7-10H,5-6H2,1-2H3,(H,19,22);5-8H,1-4H3;1-4H. The lowest BCUT2D eigenvalue weighted by molar-refractivity contribution is -0.107. The molecule has 81 heavy (non-hydrogen) atoms. The predicted octanol–water partition coefficient (Wildman–Crippen LogP) is 8.41. The highest BCUT2D eigenvalue weighted by molar-refractivity contribution is 9.10. The van der Waals surface area contributed by atoms with E-state index in [1.54, 1.807) is 52.6 Å². The van der Waals surface area contributed by atoms with Crippen LogP contribution in [0.25, 0.3) is 77.6 Å². The lowest BCUT2D eigenvalue weighted by Crippen LogP contribution is -2.41. The molecule has 1 saturated heterocycles. The SMILES string of the molecule is Brc1ccc2ocnc2c1.CC1(C)OB(c2ccc3ocnc3c2)OC1(C)C.COCCNc1nc(-c2ccc(O)c(CC=O)c2)cc2ncn(C)c(=O)c12.COCCNc1nc(-c2ccc3ocnc3c2)cc2ncn(C)c(=O)c12. The third-order valence-corrected chi connectivity index (χ3v) is 14.0. The fourth-order valence-electron chi connectivity index (χ4n) is 8.39. The molecule has 0 aliphatic carbocycles. The molecule has 0 bridgehead atoms. The molecule has 0 atom stereocenters. The Bertz CT molecular complexity index is 4140. The Morgan fingerprint density at radius 3 is 1.60 bits per heavy atom. The fraction of sp³-hybridized carbons (Fsp3) is 0.263. The molecule has 24 heteroatoms. The van der Waals surface area contributed by atoms with Crippen LogP contribution in [0.1, 0.15) is 33.3 Å². The van der Waals surface area contributed by atoms with Crippen LogP contribution in [0, 0.1) is 0 Å². The van der Waals surface area contributed by atoms with Crippen molar-refractivity contribution in [3.63, 3.8) is 0 Å². The number of anilines is 2. The number of benzene rings is 4. The summed E-state index contributed by atoms with van der Waals surface area (Å²) in [4.78, 5) is 66.2. The second kappa shape index (κ2) is 24.8. The molecule has 1 aliphatic rings. The van der Waals surface area contributed by atoms with Crippen molar-refractivity contribution in [2.24, 2.45) is 14.1 Å². The first kappa shape index (κ1) is 57.0. The average molecular weight is 1160 g/mol. The van der Waals surface area contributed by atoms with Crippen LogP contribution in [0.4, 0.5) is 11.6 Å². The summed E-state index contributed by atoms with van der Waals surface area (Å²) < 4.78 is 41.5. The van der Waals surface area contributed by atoms with Crippen LogP contribution in [0.3, 0.4) is 0 Å². The van der Waals surface area contributed by atoms with Gasteiger partial charge in [0.2, 0.25) is 0 Å². The summed E-state index contributed by atoms with van der Waals surface area (Å²) in [5, 5.41) is 17.0. The molecule has 8 heterocycles. The summed E-state index contributed by atoms with van der Waals surface area (Å²) in [6.07, 6.45) is 8.10. The number of rotatable bonds is 13. The molecular weight excluding hydrogens is 1110 g/mol. The number of aromatic hydroxyl groups is 1. The van der Waals surface area contributed by atoms with Gasteiger partial charge < -0.3 is 61.7 Å². The van der Waals surface area contributed by atoms with Gasteiger partial charge in [0, 0.05) is 69.0 Å². The Hall–Kier alpha value is -8.68. The monoisotopic (exact) mass is 1160 g/mol. The summed E-state index contributed by atoms with van der Waals surface area (Å²) in [6.45, 7) is 10.1. The van der Waals surface area contributed by atoms with Crippen LogP contribution in [0.5, 0.6) is 5.75 Å². The van der Waals surface area contributed by atoms with Crippen molar-refractivity contribution in [1.82, 2.24) is 44.0 Å². The number of ether oxygens (including phenoxy) is 2. The summed E-state index contributed by atoms with van der Waals surface area (Å²) in [6, 6.07) is 25.6. The Kier molecular flexibility index (Phi) is 17.4.